The van der Waals surface area contributed by atoms with E-state index >= 15 is 0 Å². The lowest BCUT2D eigenvalue weighted by Gasteiger charge is -2.14. The molecule has 0 bridgehead atoms. The summed E-state index contributed by atoms with van der Waals surface area (Å²) >= 11 is 0. The highest BCUT2D eigenvalue weighted by atomic mass is 14.1. The van der Waals surface area contributed by atoms with E-state index in [-0.39, 0.29) is 0 Å². The van der Waals surface area contributed by atoms with Gasteiger partial charge >= 0.3 is 0 Å². The molecule has 0 aromatic heterocycles. The van der Waals surface area contributed by atoms with Crippen LogP contribution in [0, 0.1) is 37.5 Å². The first-order chi connectivity index (χ1) is 14.7. The molecule has 0 heteroatoms. The van der Waals surface area contributed by atoms with Gasteiger partial charge in [-0.2, -0.15) is 0 Å². The van der Waals surface area contributed by atoms with Gasteiger partial charge in [-0.05, 0) is 18.8 Å². The third-order valence-corrected chi connectivity index (χ3v) is 6.41. The summed E-state index contributed by atoms with van der Waals surface area (Å²) in [5.74, 6) is 8.37. The topological polar surface area (TPSA) is 0 Å². The Morgan fingerprint density at radius 3 is 1.27 bits per heavy atom. The highest BCUT2D eigenvalue weighted by Crippen LogP contribution is 2.19. The standard InChI is InChI=1S/C30H56/c1-5-7-9-11-12-13-14-15-16-17-18-19-20-21-22-23-24-26-28-30(29(3)4)27-25-10-8-6-2/h29-30H,1-2,5-25,27H2,3-4H3. The molecule has 1 unspecified atom stereocenters. The molecule has 0 nitrogen and oxygen atoms in total. The predicted octanol–water partition coefficient (Wildman–Crippen LogP) is 10.5. The van der Waals surface area contributed by atoms with Crippen molar-refractivity contribution in [2.45, 2.75) is 155 Å². The van der Waals surface area contributed by atoms with Gasteiger partial charge in [0.1, 0.15) is 0 Å². The summed E-state index contributed by atoms with van der Waals surface area (Å²) < 4.78 is 0. The normalized spacial score (nSPS) is 12.2. The van der Waals surface area contributed by atoms with Crippen LogP contribution >= 0.6 is 0 Å². The largest absolute Gasteiger partial charge is 0.103 e. The maximum atomic E-state index is 3.94. The first-order valence-corrected chi connectivity index (χ1v) is 13.8. The van der Waals surface area contributed by atoms with E-state index < -0.39 is 0 Å². The Hall–Kier alpha value is -0.440. The van der Waals surface area contributed by atoms with Gasteiger partial charge in [0.05, 0.1) is 0 Å². The van der Waals surface area contributed by atoms with E-state index in [1.807, 2.05) is 0 Å². The lowest BCUT2D eigenvalue weighted by molar-refractivity contribution is 0.429. The molecule has 0 spiro atoms. The van der Waals surface area contributed by atoms with Crippen LogP contribution in [0.5, 0.6) is 0 Å². The van der Waals surface area contributed by atoms with Crippen molar-refractivity contribution < 1.29 is 0 Å². The zero-order valence-electron chi connectivity index (χ0n) is 21.1. The van der Waals surface area contributed by atoms with E-state index in [0.29, 0.717) is 11.8 Å². The van der Waals surface area contributed by atoms with Gasteiger partial charge in [-0.1, -0.05) is 156 Å². The van der Waals surface area contributed by atoms with E-state index in [9.17, 15) is 0 Å². The molecule has 0 saturated heterocycles. The molecule has 0 aliphatic carbocycles. The molecule has 0 amide bonds. The van der Waals surface area contributed by atoms with Crippen molar-refractivity contribution in [1.82, 2.24) is 0 Å². The summed E-state index contributed by atoms with van der Waals surface area (Å²) in [6.45, 7) is 12.5. The van der Waals surface area contributed by atoms with Crippen LogP contribution in [0.1, 0.15) is 155 Å². The van der Waals surface area contributed by atoms with Crippen LogP contribution in [-0.4, -0.2) is 0 Å². The molecule has 2 radical (unpaired) electrons. The van der Waals surface area contributed by atoms with Crippen LogP contribution in [0.15, 0.2) is 0 Å². The van der Waals surface area contributed by atoms with Crippen LogP contribution < -0.4 is 0 Å². The Balaban J connectivity index is 3.38. The Bertz CT molecular complexity index is 369. The van der Waals surface area contributed by atoms with Crippen molar-refractivity contribution >= 4 is 0 Å². The van der Waals surface area contributed by atoms with E-state index in [0.717, 1.165) is 19.3 Å². The van der Waals surface area contributed by atoms with Gasteiger partial charge in [-0.3, -0.25) is 0 Å². The zero-order chi connectivity index (χ0) is 22.1. The second-order valence-electron chi connectivity index (χ2n) is 9.78. The lowest BCUT2D eigenvalue weighted by Crippen LogP contribution is -2.06. The van der Waals surface area contributed by atoms with Crippen LogP contribution in [0.2, 0.25) is 0 Å². The second-order valence-corrected chi connectivity index (χ2v) is 9.78. The van der Waals surface area contributed by atoms with Crippen molar-refractivity contribution in [3.8, 4) is 11.8 Å². The van der Waals surface area contributed by atoms with Crippen molar-refractivity contribution in [2.75, 3.05) is 0 Å². The van der Waals surface area contributed by atoms with Gasteiger partial charge in [0.2, 0.25) is 0 Å². The molecule has 0 aromatic rings. The quantitative estimate of drug-likeness (QED) is 0.122. The minimum absolute atomic E-state index is 0.605. The summed E-state index contributed by atoms with van der Waals surface area (Å²) in [5.41, 5.74) is 0. The maximum absolute atomic E-state index is 3.94. The van der Waals surface area contributed by atoms with Crippen molar-refractivity contribution in [1.29, 1.82) is 0 Å². The monoisotopic (exact) mass is 416 g/mol. The summed E-state index contributed by atoms with van der Waals surface area (Å²) in [4.78, 5) is 0. The Morgan fingerprint density at radius 1 is 0.500 bits per heavy atom. The molecule has 0 fully saturated rings. The molecule has 0 rings (SSSR count). The molecule has 176 valence electrons. The van der Waals surface area contributed by atoms with Gasteiger partial charge in [-0.25, -0.2) is 0 Å². The van der Waals surface area contributed by atoms with Crippen LogP contribution in [-0.2, 0) is 0 Å². The molecule has 0 N–H and O–H groups in total. The van der Waals surface area contributed by atoms with Gasteiger partial charge in [0.15, 0.2) is 0 Å². The highest BCUT2D eigenvalue weighted by molar-refractivity contribution is 5.04. The first kappa shape index (κ1) is 29.6. The molecule has 30 heavy (non-hydrogen) atoms. The fraction of sp³-hybridized carbons (Fsp3) is 0.867. The highest BCUT2D eigenvalue weighted by Gasteiger charge is 2.09. The average Bonchev–Trinajstić information content (AvgIpc) is 2.74. The fourth-order valence-electron chi connectivity index (χ4n) is 4.18. The summed E-state index contributed by atoms with van der Waals surface area (Å²) in [6.07, 6.45) is 29.8. The first-order valence-electron chi connectivity index (χ1n) is 13.8. The van der Waals surface area contributed by atoms with E-state index in [1.165, 1.54) is 122 Å². The van der Waals surface area contributed by atoms with Crippen LogP contribution in [0.25, 0.3) is 0 Å². The number of hydrogen-bond donors (Lipinski definition) is 0. The molecule has 1 atom stereocenters. The maximum Gasteiger partial charge on any atom is 0.0225 e. The van der Waals surface area contributed by atoms with Gasteiger partial charge in [-0.15, -0.1) is 5.92 Å². The van der Waals surface area contributed by atoms with E-state index in [1.54, 1.807) is 0 Å². The third kappa shape index (κ3) is 22.2. The smallest absolute Gasteiger partial charge is 0.0225 e. The molecule has 0 aromatic carbocycles. The number of rotatable bonds is 22. The van der Waals surface area contributed by atoms with Crippen molar-refractivity contribution in [2.24, 2.45) is 11.8 Å². The predicted molar refractivity (Wildman–Crippen MR) is 138 cm³/mol. The van der Waals surface area contributed by atoms with Gasteiger partial charge in [0.25, 0.3) is 0 Å². The minimum atomic E-state index is 0.605. The Kier molecular flexibility index (Phi) is 24.5. The van der Waals surface area contributed by atoms with Crippen molar-refractivity contribution in [3.63, 3.8) is 0 Å². The fourth-order valence-corrected chi connectivity index (χ4v) is 4.18. The van der Waals surface area contributed by atoms with E-state index in [4.69, 9.17) is 0 Å². The summed E-state index contributed by atoms with van der Waals surface area (Å²) in [5, 5.41) is 0. The van der Waals surface area contributed by atoms with Crippen LogP contribution in [0.3, 0.4) is 0 Å². The third-order valence-electron chi connectivity index (χ3n) is 6.41. The molecular weight excluding hydrogens is 360 g/mol. The zero-order valence-corrected chi connectivity index (χ0v) is 21.1. The minimum Gasteiger partial charge on any atom is -0.103 e. The van der Waals surface area contributed by atoms with Gasteiger partial charge in [0, 0.05) is 12.3 Å². The summed E-state index contributed by atoms with van der Waals surface area (Å²) in [7, 11) is 0. The second kappa shape index (κ2) is 24.8. The average molecular weight is 417 g/mol. The molecule has 0 aliphatic heterocycles. The van der Waals surface area contributed by atoms with Crippen LogP contribution in [0.4, 0.5) is 0 Å². The molecule has 0 heterocycles. The molecule has 0 aliphatic rings. The summed E-state index contributed by atoms with van der Waals surface area (Å²) in [6, 6.07) is 0. The lowest BCUT2D eigenvalue weighted by atomic mass is 9.90. The number of hydrogen-bond acceptors (Lipinski definition) is 0. The van der Waals surface area contributed by atoms with E-state index in [2.05, 4.69) is 39.5 Å². The number of unbranched alkanes of at least 4 members (excludes halogenated alkanes) is 19. The van der Waals surface area contributed by atoms with Gasteiger partial charge < -0.3 is 0 Å². The van der Waals surface area contributed by atoms with Crippen molar-refractivity contribution in [3.05, 3.63) is 13.8 Å². The molecule has 0 saturated carbocycles. The molecular formula is C30H56. The Labute approximate surface area is 192 Å². The Morgan fingerprint density at radius 2 is 0.867 bits per heavy atom. The SMILES string of the molecule is [CH2]CCCCCCCCCCCCCCCCCC#CC(CCCCC[CH2])C(C)C.